The Bertz CT molecular complexity index is 329. The Labute approximate surface area is 105 Å². The fourth-order valence-electron chi connectivity index (χ4n) is 2.24. The molecule has 0 saturated carbocycles. The second kappa shape index (κ2) is 4.75. The predicted octanol–water partition coefficient (Wildman–Crippen LogP) is -0.852. The van der Waals surface area contributed by atoms with Crippen LogP contribution in [0.15, 0.2) is 0 Å². The van der Waals surface area contributed by atoms with Gasteiger partial charge in [0.05, 0.1) is 6.61 Å². The number of hydrogen-bond donors (Lipinski definition) is 2. The minimum absolute atomic E-state index is 0.495. The van der Waals surface area contributed by atoms with E-state index in [4.69, 9.17) is 24.1 Å². The van der Waals surface area contributed by atoms with Gasteiger partial charge in [-0.25, -0.2) is 0 Å². The molecular weight excluding hydrogens is 244 g/mol. The Morgan fingerprint density at radius 1 is 1.44 bits per heavy atom. The Morgan fingerprint density at radius 2 is 2.11 bits per heavy atom. The van der Waals surface area contributed by atoms with Crippen LogP contribution in [0.5, 0.6) is 0 Å². The number of aliphatic hydroxyl groups excluding tert-OH is 2. The van der Waals surface area contributed by atoms with Gasteiger partial charge in [-0.2, -0.15) is 0 Å². The highest BCUT2D eigenvalue weighted by atomic mass is 16.8. The highest BCUT2D eigenvalue weighted by Gasteiger charge is 2.57. The summed E-state index contributed by atoms with van der Waals surface area (Å²) in [6.45, 7) is 4.20. The van der Waals surface area contributed by atoms with Crippen molar-refractivity contribution in [2.24, 2.45) is 0 Å². The first-order chi connectivity index (χ1) is 8.34. The molecule has 0 aromatic rings. The number of carbonyl (C=O) groups is 1. The van der Waals surface area contributed by atoms with Crippen LogP contribution in [0.2, 0.25) is 0 Å². The van der Waals surface area contributed by atoms with Crippen LogP contribution in [-0.2, 0) is 23.7 Å². The van der Waals surface area contributed by atoms with Crippen LogP contribution in [0.4, 0.5) is 0 Å². The van der Waals surface area contributed by atoms with Gasteiger partial charge in [-0.3, -0.25) is 4.79 Å². The van der Waals surface area contributed by atoms with Gasteiger partial charge >= 0.3 is 5.97 Å². The van der Waals surface area contributed by atoms with Gasteiger partial charge in [0.1, 0.15) is 12.2 Å². The topological polar surface area (TPSA) is 94.5 Å². The van der Waals surface area contributed by atoms with Crippen molar-refractivity contribution in [1.29, 1.82) is 0 Å². The van der Waals surface area contributed by atoms with Gasteiger partial charge in [0.15, 0.2) is 24.3 Å². The second-order valence-electron chi connectivity index (χ2n) is 4.89. The van der Waals surface area contributed by atoms with Gasteiger partial charge < -0.3 is 29.2 Å². The van der Waals surface area contributed by atoms with Crippen molar-refractivity contribution >= 4 is 5.97 Å². The van der Waals surface area contributed by atoms with Crippen LogP contribution in [0.25, 0.3) is 0 Å². The summed E-state index contributed by atoms with van der Waals surface area (Å²) in [5.74, 6) is -1.34. The average Bonchev–Trinajstić information content (AvgIpc) is 2.71. The van der Waals surface area contributed by atoms with E-state index in [2.05, 4.69) is 0 Å². The maximum atomic E-state index is 11.1. The smallest absolute Gasteiger partial charge is 0.303 e. The summed E-state index contributed by atoms with van der Waals surface area (Å²) in [6.07, 6.45) is -4.12. The van der Waals surface area contributed by atoms with Crippen molar-refractivity contribution in [1.82, 2.24) is 0 Å². The van der Waals surface area contributed by atoms with Crippen molar-refractivity contribution in [2.45, 2.75) is 57.3 Å². The summed E-state index contributed by atoms with van der Waals surface area (Å²) >= 11 is 0. The fraction of sp³-hybridized carbons (Fsp3) is 0.909. The van der Waals surface area contributed by atoms with Gasteiger partial charge in [-0.05, 0) is 13.8 Å². The zero-order valence-corrected chi connectivity index (χ0v) is 10.5. The lowest BCUT2D eigenvalue weighted by Crippen LogP contribution is -2.44. The highest BCUT2D eigenvalue weighted by Crippen LogP contribution is 2.39. The lowest BCUT2D eigenvalue weighted by Gasteiger charge is -2.27. The van der Waals surface area contributed by atoms with Crippen LogP contribution in [-0.4, -0.2) is 59.3 Å². The maximum absolute atomic E-state index is 11.1. The summed E-state index contributed by atoms with van der Waals surface area (Å²) in [7, 11) is 0. The zero-order chi connectivity index (χ0) is 13.5. The second-order valence-corrected chi connectivity index (χ2v) is 4.89. The average molecular weight is 262 g/mol. The number of aliphatic hydroxyl groups is 2. The van der Waals surface area contributed by atoms with E-state index in [0.29, 0.717) is 0 Å². The van der Waals surface area contributed by atoms with E-state index in [1.807, 2.05) is 0 Å². The van der Waals surface area contributed by atoms with Crippen molar-refractivity contribution in [3.8, 4) is 0 Å². The number of fused-ring (bicyclic) bond motifs is 1. The molecule has 2 saturated heterocycles. The Kier molecular flexibility index (Phi) is 3.61. The molecule has 104 valence electrons. The molecule has 2 aliphatic heterocycles. The van der Waals surface area contributed by atoms with Crippen LogP contribution < -0.4 is 0 Å². The van der Waals surface area contributed by atoms with E-state index >= 15 is 0 Å². The summed E-state index contributed by atoms with van der Waals surface area (Å²) in [5, 5.41) is 18.6. The van der Waals surface area contributed by atoms with E-state index in [0.717, 1.165) is 0 Å². The number of rotatable bonds is 3. The lowest BCUT2D eigenvalue weighted by molar-refractivity contribution is -0.230. The van der Waals surface area contributed by atoms with Crippen molar-refractivity contribution < 1.29 is 34.0 Å². The van der Waals surface area contributed by atoms with Crippen molar-refractivity contribution in [2.75, 3.05) is 6.61 Å². The Morgan fingerprint density at radius 3 is 2.67 bits per heavy atom. The molecule has 0 bridgehead atoms. The van der Waals surface area contributed by atoms with Crippen molar-refractivity contribution in [3.63, 3.8) is 0 Å². The lowest BCUT2D eigenvalue weighted by atomic mass is 10.1. The molecule has 0 radical (unpaired) electrons. The number of carbonyl (C=O) groups excluding carboxylic acids is 1. The van der Waals surface area contributed by atoms with E-state index in [1.54, 1.807) is 13.8 Å². The molecule has 0 aromatic heterocycles. The molecular formula is C11H18O7. The molecule has 2 heterocycles. The molecule has 5 atom stereocenters. The first-order valence-electron chi connectivity index (χ1n) is 5.81. The fourth-order valence-corrected chi connectivity index (χ4v) is 2.24. The predicted molar refractivity (Wildman–Crippen MR) is 57.3 cm³/mol. The molecule has 2 aliphatic rings. The van der Waals surface area contributed by atoms with Gasteiger partial charge in [0, 0.05) is 6.92 Å². The van der Waals surface area contributed by atoms with Crippen LogP contribution in [0.1, 0.15) is 20.8 Å². The van der Waals surface area contributed by atoms with Crippen LogP contribution in [0.3, 0.4) is 0 Å². The largest absolute Gasteiger partial charge is 0.457 e. The standard InChI is InChI=1S/C11H18O7/c1-5(13)15-8-7(6(14)4-12)16-10-9(8)17-11(2,3)18-10/h6-10,12,14H,4H2,1-3H3/t6-,7+,8-,9-,10-/m1/s1. The minimum Gasteiger partial charge on any atom is -0.457 e. The normalized spacial score (nSPS) is 39.4. The summed E-state index contributed by atoms with van der Waals surface area (Å²) in [5.41, 5.74) is 0. The summed E-state index contributed by atoms with van der Waals surface area (Å²) in [4.78, 5) is 11.1. The number of esters is 1. The molecule has 0 spiro atoms. The molecule has 0 unspecified atom stereocenters. The monoisotopic (exact) mass is 262 g/mol. The molecule has 7 nitrogen and oxygen atoms in total. The van der Waals surface area contributed by atoms with Gasteiger partial charge in [0.25, 0.3) is 0 Å². The Balaban J connectivity index is 2.14. The van der Waals surface area contributed by atoms with Gasteiger partial charge in [-0.15, -0.1) is 0 Å². The van der Waals surface area contributed by atoms with E-state index in [1.165, 1.54) is 6.92 Å². The molecule has 2 N–H and O–H groups in total. The third kappa shape index (κ3) is 2.50. The maximum Gasteiger partial charge on any atom is 0.303 e. The van der Waals surface area contributed by atoms with Gasteiger partial charge in [-0.1, -0.05) is 0 Å². The van der Waals surface area contributed by atoms with Gasteiger partial charge in [0.2, 0.25) is 0 Å². The molecule has 0 aromatic carbocycles. The summed E-state index contributed by atoms with van der Waals surface area (Å²) < 4.78 is 21.6. The first-order valence-corrected chi connectivity index (χ1v) is 5.81. The number of ether oxygens (including phenoxy) is 4. The molecule has 2 rings (SSSR count). The quantitative estimate of drug-likeness (QED) is 0.639. The Hall–Kier alpha value is -0.730. The first kappa shape index (κ1) is 13.7. The highest BCUT2D eigenvalue weighted by molar-refractivity contribution is 5.66. The zero-order valence-electron chi connectivity index (χ0n) is 10.5. The van der Waals surface area contributed by atoms with Crippen LogP contribution in [0, 0.1) is 0 Å². The molecule has 0 aliphatic carbocycles. The van der Waals surface area contributed by atoms with Crippen LogP contribution >= 0.6 is 0 Å². The van der Waals surface area contributed by atoms with Crippen molar-refractivity contribution in [3.05, 3.63) is 0 Å². The third-order valence-corrected chi connectivity index (χ3v) is 2.90. The van der Waals surface area contributed by atoms with E-state index in [-0.39, 0.29) is 0 Å². The van der Waals surface area contributed by atoms with E-state index < -0.39 is 49.1 Å². The third-order valence-electron chi connectivity index (χ3n) is 2.90. The van der Waals surface area contributed by atoms with E-state index in [9.17, 15) is 9.90 Å². The minimum atomic E-state index is -1.16. The number of hydrogen-bond acceptors (Lipinski definition) is 7. The molecule has 18 heavy (non-hydrogen) atoms. The molecule has 0 amide bonds. The molecule has 7 heteroatoms. The summed E-state index contributed by atoms with van der Waals surface area (Å²) in [6, 6.07) is 0. The SMILES string of the molecule is CC(=O)O[C@@H]1[C@H]([C@H](O)CO)O[C@@H]2OC(C)(C)O[C@@H]21. The molecule has 2 fully saturated rings.